The van der Waals surface area contributed by atoms with E-state index < -0.39 is 41.8 Å². The minimum Gasteiger partial charge on any atom is -0.466 e. The topological polar surface area (TPSA) is 85.9 Å². The molecule has 0 aliphatic rings. The van der Waals surface area contributed by atoms with Crippen LogP contribution in [0, 0.1) is 0 Å². The van der Waals surface area contributed by atoms with Gasteiger partial charge in [-0.2, -0.15) is 0 Å². The number of amides is 2. The minimum atomic E-state index is -5.03. The Morgan fingerprint density at radius 1 is 0.756 bits per heavy atom. The summed E-state index contributed by atoms with van der Waals surface area (Å²) in [5.74, 6) is -1.79. The summed E-state index contributed by atoms with van der Waals surface area (Å²) >= 11 is 0. The lowest BCUT2D eigenvalue weighted by molar-refractivity contribution is -0.275. The van der Waals surface area contributed by atoms with Crippen LogP contribution >= 0.6 is 0 Å². The van der Waals surface area contributed by atoms with Crippen LogP contribution in [0.3, 0.4) is 0 Å². The average molecular weight is 585 g/mol. The number of nitrogens with one attached hydrogen (secondary N) is 2. The van der Waals surface area contributed by atoms with E-state index in [1.165, 1.54) is 24.3 Å². The molecule has 2 amide bonds. The largest absolute Gasteiger partial charge is 0.573 e. The van der Waals surface area contributed by atoms with Gasteiger partial charge in [0.05, 0.1) is 18.6 Å². The van der Waals surface area contributed by atoms with Gasteiger partial charge in [-0.1, -0.05) is 54.6 Å². The van der Waals surface area contributed by atoms with Crippen LogP contribution in [0.1, 0.15) is 30.0 Å². The normalized spacial score (nSPS) is 11.9. The molecule has 0 saturated carbocycles. The van der Waals surface area contributed by atoms with Crippen molar-refractivity contribution in [2.45, 2.75) is 38.0 Å². The number of urea groups is 1. The van der Waals surface area contributed by atoms with Crippen LogP contribution < -0.4 is 20.1 Å². The van der Waals surface area contributed by atoms with Gasteiger partial charge in [0.1, 0.15) is 11.5 Å². The van der Waals surface area contributed by atoms with Gasteiger partial charge in [0.2, 0.25) is 0 Å². The summed E-state index contributed by atoms with van der Waals surface area (Å²) in [4.78, 5) is 24.9. The smallest absolute Gasteiger partial charge is 0.466 e. The third-order valence-corrected chi connectivity index (χ3v) is 5.68. The zero-order valence-corrected chi connectivity index (χ0v) is 21.6. The second-order valence-electron chi connectivity index (χ2n) is 8.65. The maximum Gasteiger partial charge on any atom is 0.573 e. The molecule has 2 N–H and O–H groups in total. The first kappa shape index (κ1) is 31.1. The van der Waals surface area contributed by atoms with Crippen molar-refractivity contribution in [1.29, 1.82) is 0 Å². The summed E-state index contributed by atoms with van der Waals surface area (Å²) < 4.78 is 91.3. The minimum absolute atomic E-state index is 0.0628. The van der Waals surface area contributed by atoms with Gasteiger partial charge >= 0.3 is 24.7 Å². The molecule has 7 nitrogen and oxygen atoms in total. The number of ether oxygens (including phenoxy) is 3. The van der Waals surface area contributed by atoms with Crippen LogP contribution in [-0.4, -0.2) is 37.9 Å². The van der Waals surface area contributed by atoms with E-state index >= 15 is 0 Å². The van der Waals surface area contributed by atoms with Crippen molar-refractivity contribution in [3.63, 3.8) is 0 Å². The summed E-state index contributed by atoms with van der Waals surface area (Å²) in [6.45, 7) is 1.60. The van der Waals surface area contributed by atoms with Crippen molar-refractivity contribution in [3.8, 4) is 11.5 Å². The Bertz CT molecular complexity index is 1260. The van der Waals surface area contributed by atoms with E-state index in [9.17, 15) is 35.9 Å². The Morgan fingerprint density at radius 2 is 1.29 bits per heavy atom. The Hall–Kier alpha value is -4.42. The van der Waals surface area contributed by atoms with E-state index in [4.69, 9.17) is 4.74 Å². The lowest BCUT2D eigenvalue weighted by Gasteiger charge is -2.37. The highest BCUT2D eigenvalue weighted by Crippen LogP contribution is 2.38. The van der Waals surface area contributed by atoms with Gasteiger partial charge < -0.3 is 24.8 Å². The maximum absolute atomic E-state index is 13.2. The molecular formula is C28H26F6N2O5. The molecule has 0 fully saturated rings. The molecule has 0 saturated heterocycles. The van der Waals surface area contributed by atoms with E-state index in [-0.39, 0.29) is 37.1 Å². The molecule has 0 atom stereocenters. The third-order valence-electron chi connectivity index (χ3n) is 5.68. The van der Waals surface area contributed by atoms with Gasteiger partial charge in [-0.05, 0) is 47.9 Å². The first-order valence-corrected chi connectivity index (χ1v) is 12.3. The first-order chi connectivity index (χ1) is 19.3. The number of benzene rings is 3. The second kappa shape index (κ2) is 13.3. The molecule has 3 aromatic rings. The average Bonchev–Trinajstić information content (AvgIpc) is 2.87. The summed E-state index contributed by atoms with van der Waals surface area (Å²) in [5, 5.41) is 5.21. The summed E-state index contributed by atoms with van der Waals surface area (Å²) in [6.07, 6.45) is -10.3. The fourth-order valence-electron chi connectivity index (χ4n) is 4.13. The van der Waals surface area contributed by atoms with Crippen molar-refractivity contribution in [3.05, 3.63) is 95.6 Å². The molecule has 0 heterocycles. The van der Waals surface area contributed by atoms with Crippen LogP contribution in [0.25, 0.3) is 0 Å². The van der Waals surface area contributed by atoms with Gasteiger partial charge in [-0.25, -0.2) is 4.79 Å². The summed E-state index contributed by atoms with van der Waals surface area (Å²) in [5.41, 5.74) is -1.03. The molecule has 0 unspecified atom stereocenters. The molecule has 41 heavy (non-hydrogen) atoms. The lowest BCUT2D eigenvalue weighted by Crippen LogP contribution is -2.52. The fourth-order valence-corrected chi connectivity index (χ4v) is 4.13. The Balaban J connectivity index is 2.14. The Kier molecular flexibility index (Phi) is 10.1. The monoisotopic (exact) mass is 584 g/mol. The molecule has 13 heteroatoms. The van der Waals surface area contributed by atoms with Gasteiger partial charge in [-0.15, -0.1) is 26.3 Å². The van der Waals surface area contributed by atoms with Crippen molar-refractivity contribution in [1.82, 2.24) is 10.6 Å². The van der Waals surface area contributed by atoms with Crippen LogP contribution in [0.5, 0.6) is 11.5 Å². The predicted octanol–water partition coefficient (Wildman–Crippen LogP) is 6.22. The molecule has 0 aromatic heterocycles. The number of carbonyl (C=O) groups is 2. The number of hydrogen-bond donors (Lipinski definition) is 2. The lowest BCUT2D eigenvalue weighted by atomic mass is 9.77. The highest BCUT2D eigenvalue weighted by molar-refractivity contribution is 5.77. The van der Waals surface area contributed by atoms with Gasteiger partial charge in [-0.3, -0.25) is 4.79 Å². The molecule has 220 valence electrons. The van der Waals surface area contributed by atoms with E-state index in [1.54, 1.807) is 37.3 Å². The number of carbonyl (C=O) groups excluding carboxylic acids is 2. The van der Waals surface area contributed by atoms with Crippen LogP contribution in [-0.2, 0) is 21.5 Å². The van der Waals surface area contributed by atoms with Crippen LogP contribution in [0.4, 0.5) is 31.1 Å². The van der Waals surface area contributed by atoms with Crippen molar-refractivity contribution >= 4 is 12.0 Å². The molecule has 0 spiro atoms. The number of rotatable bonds is 11. The first-order valence-electron chi connectivity index (χ1n) is 12.3. The van der Waals surface area contributed by atoms with Gasteiger partial charge in [0.25, 0.3) is 0 Å². The molecule has 0 radical (unpaired) electrons. The fraction of sp³-hybridized carbons (Fsp3) is 0.286. The van der Waals surface area contributed by atoms with E-state index in [2.05, 4.69) is 20.1 Å². The number of halogens is 6. The highest BCUT2D eigenvalue weighted by Gasteiger charge is 2.39. The molecule has 0 aliphatic carbocycles. The molecular weight excluding hydrogens is 558 g/mol. The van der Waals surface area contributed by atoms with E-state index in [0.717, 1.165) is 24.3 Å². The van der Waals surface area contributed by atoms with Crippen molar-refractivity contribution in [2.24, 2.45) is 0 Å². The summed E-state index contributed by atoms with van der Waals surface area (Å²) in [7, 11) is 0. The summed E-state index contributed by atoms with van der Waals surface area (Å²) in [6, 6.07) is 17.1. The molecule has 0 bridgehead atoms. The Labute approximate surface area is 231 Å². The highest BCUT2D eigenvalue weighted by atomic mass is 19.4. The quantitative estimate of drug-likeness (QED) is 0.207. The molecule has 3 aromatic carbocycles. The van der Waals surface area contributed by atoms with Gasteiger partial charge in [0.15, 0.2) is 0 Å². The SMILES string of the molecule is CCOC(=O)CCNC(=O)NC(Cc1ccccc1)(c1cccc(OC(F)(F)F)c1)c1cccc(OC(F)(F)F)c1. The number of alkyl halides is 6. The maximum atomic E-state index is 13.2. The Morgan fingerprint density at radius 3 is 1.78 bits per heavy atom. The number of hydrogen-bond acceptors (Lipinski definition) is 5. The zero-order chi connectivity index (χ0) is 30.1. The molecule has 0 aliphatic heterocycles. The molecule has 3 rings (SSSR count). The van der Waals surface area contributed by atoms with Crippen LogP contribution in [0.2, 0.25) is 0 Å². The predicted molar refractivity (Wildman–Crippen MR) is 135 cm³/mol. The van der Waals surface area contributed by atoms with Crippen molar-refractivity contribution in [2.75, 3.05) is 13.2 Å². The van der Waals surface area contributed by atoms with Crippen molar-refractivity contribution < 1.29 is 50.1 Å². The third kappa shape index (κ3) is 9.62. The van der Waals surface area contributed by atoms with E-state index in [1.807, 2.05) is 0 Å². The zero-order valence-electron chi connectivity index (χ0n) is 21.6. The van der Waals surface area contributed by atoms with E-state index in [0.29, 0.717) is 5.56 Å². The standard InChI is InChI=1S/C28H26F6N2O5/c1-2-39-24(37)14-15-35-25(38)36-26(18-19-8-4-3-5-9-19,20-10-6-12-22(16-20)40-27(29,30)31)21-11-7-13-23(17-21)41-28(32,33)34/h3-13,16-17H,2,14-15,18H2,1H3,(H2,35,36,38). The second-order valence-corrected chi connectivity index (χ2v) is 8.65. The van der Waals surface area contributed by atoms with Crippen LogP contribution in [0.15, 0.2) is 78.9 Å². The van der Waals surface area contributed by atoms with Gasteiger partial charge in [0, 0.05) is 13.0 Å². The number of esters is 1.